The Labute approximate surface area is 127 Å². The Balaban J connectivity index is 1.64. The highest BCUT2D eigenvalue weighted by atomic mass is 16.5. The van der Waals surface area contributed by atoms with E-state index in [1.807, 2.05) is 6.07 Å². The number of hydrogen-bond donors (Lipinski definition) is 1. The molecule has 1 aromatic rings. The molecule has 4 heteroatoms. The summed E-state index contributed by atoms with van der Waals surface area (Å²) in [6.45, 7) is 6.54. The lowest BCUT2D eigenvalue weighted by Gasteiger charge is -2.24. The Morgan fingerprint density at radius 2 is 2.05 bits per heavy atom. The summed E-state index contributed by atoms with van der Waals surface area (Å²) in [7, 11) is 1.75. The van der Waals surface area contributed by atoms with E-state index in [0.717, 1.165) is 18.3 Å². The van der Waals surface area contributed by atoms with Crippen molar-refractivity contribution in [1.29, 1.82) is 0 Å². The highest BCUT2D eigenvalue weighted by Crippen LogP contribution is 2.26. The smallest absolute Gasteiger partial charge is 0.123 e. The van der Waals surface area contributed by atoms with E-state index < -0.39 is 0 Å². The third-order valence-electron chi connectivity index (χ3n) is 4.88. The molecule has 4 nitrogen and oxygen atoms in total. The van der Waals surface area contributed by atoms with Gasteiger partial charge in [-0.15, -0.1) is 0 Å². The van der Waals surface area contributed by atoms with Gasteiger partial charge in [0, 0.05) is 37.8 Å². The second-order valence-electron chi connectivity index (χ2n) is 6.27. The van der Waals surface area contributed by atoms with Crippen LogP contribution in [0.1, 0.15) is 30.4 Å². The van der Waals surface area contributed by atoms with Crippen LogP contribution in [0.5, 0.6) is 5.75 Å². The number of likely N-dealkylation sites (tertiary alicyclic amines) is 2. The highest BCUT2D eigenvalue weighted by molar-refractivity contribution is 5.37. The molecule has 0 aromatic heterocycles. The fourth-order valence-corrected chi connectivity index (χ4v) is 3.68. The standard InChI is InChI=1S/C17H27N3O/c1-21-17-5-4-14(11-18)10-15(17)12-19-9-6-16(13-19)20-7-2-3-8-20/h4-5,10,16H,2-3,6-9,11-13,18H2,1H3. The second-order valence-corrected chi connectivity index (χ2v) is 6.27. The Morgan fingerprint density at radius 1 is 1.24 bits per heavy atom. The molecule has 1 aromatic carbocycles. The Bertz CT molecular complexity index is 471. The molecule has 0 radical (unpaired) electrons. The van der Waals surface area contributed by atoms with Crippen molar-refractivity contribution < 1.29 is 4.74 Å². The molecular formula is C17H27N3O. The van der Waals surface area contributed by atoms with E-state index in [1.54, 1.807) is 7.11 Å². The molecule has 2 heterocycles. The summed E-state index contributed by atoms with van der Waals surface area (Å²) >= 11 is 0. The fourth-order valence-electron chi connectivity index (χ4n) is 3.68. The molecule has 2 N–H and O–H groups in total. The van der Waals surface area contributed by atoms with Gasteiger partial charge in [-0.3, -0.25) is 9.80 Å². The summed E-state index contributed by atoms with van der Waals surface area (Å²) in [6.07, 6.45) is 4.06. The number of hydrogen-bond acceptors (Lipinski definition) is 4. The molecule has 0 bridgehead atoms. The van der Waals surface area contributed by atoms with Gasteiger partial charge >= 0.3 is 0 Å². The Kier molecular flexibility index (Phi) is 4.78. The first-order chi connectivity index (χ1) is 10.3. The van der Waals surface area contributed by atoms with Crippen LogP contribution < -0.4 is 10.5 Å². The monoisotopic (exact) mass is 289 g/mol. The van der Waals surface area contributed by atoms with Gasteiger partial charge in [0.05, 0.1) is 7.11 Å². The van der Waals surface area contributed by atoms with Gasteiger partial charge in [0.1, 0.15) is 5.75 Å². The van der Waals surface area contributed by atoms with Gasteiger partial charge in [0.15, 0.2) is 0 Å². The van der Waals surface area contributed by atoms with E-state index >= 15 is 0 Å². The van der Waals surface area contributed by atoms with Crippen molar-refractivity contribution >= 4 is 0 Å². The highest BCUT2D eigenvalue weighted by Gasteiger charge is 2.29. The zero-order valence-corrected chi connectivity index (χ0v) is 13.1. The minimum atomic E-state index is 0.591. The van der Waals surface area contributed by atoms with Crippen molar-refractivity contribution in [2.75, 3.05) is 33.3 Å². The van der Waals surface area contributed by atoms with E-state index in [0.29, 0.717) is 6.54 Å². The van der Waals surface area contributed by atoms with E-state index in [4.69, 9.17) is 10.5 Å². The lowest BCUT2D eigenvalue weighted by Crippen LogP contribution is -2.35. The summed E-state index contributed by atoms with van der Waals surface area (Å²) in [5, 5.41) is 0. The molecule has 0 amide bonds. The maximum absolute atomic E-state index is 5.76. The number of methoxy groups -OCH3 is 1. The van der Waals surface area contributed by atoms with Gasteiger partial charge < -0.3 is 10.5 Å². The van der Waals surface area contributed by atoms with Crippen molar-refractivity contribution in [2.24, 2.45) is 5.73 Å². The molecule has 0 saturated carbocycles. The Morgan fingerprint density at radius 3 is 2.76 bits per heavy atom. The summed E-state index contributed by atoms with van der Waals surface area (Å²) in [4.78, 5) is 5.23. The van der Waals surface area contributed by atoms with E-state index in [1.165, 1.54) is 56.6 Å². The summed E-state index contributed by atoms with van der Waals surface area (Å²) in [5.41, 5.74) is 8.21. The predicted octanol–water partition coefficient (Wildman–Crippen LogP) is 1.82. The fraction of sp³-hybridized carbons (Fsp3) is 0.647. The number of nitrogens with zero attached hydrogens (tertiary/aromatic N) is 2. The molecule has 1 unspecified atom stereocenters. The van der Waals surface area contributed by atoms with E-state index in [2.05, 4.69) is 21.9 Å². The number of benzene rings is 1. The molecule has 0 aliphatic carbocycles. The van der Waals surface area contributed by atoms with Crippen molar-refractivity contribution in [1.82, 2.24) is 9.80 Å². The summed E-state index contributed by atoms with van der Waals surface area (Å²) in [6, 6.07) is 7.06. The summed E-state index contributed by atoms with van der Waals surface area (Å²) in [5.74, 6) is 0.983. The summed E-state index contributed by atoms with van der Waals surface area (Å²) < 4.78 is 5.50. The van der Waals surface area contributed by atoms with Crippen molar-refractivity contribution in [3.63, 3.8) is 0 Å². The van der Waals surface area contributed by atoms with Crippen molar-refractivity contribution in [2.45, 2.75) is 38.4 Å². The topological polar surface area (TPSA) is 41.7 Å². The molecule has 116 valence electrons. The third-order valence-corrected chi connectivity index (χ3v) is 4.88. The van der Waals surface area contributed by atoms with Crippen molar-refractivity contribution in [3.8, 4) is 5.75 Å². The first kappa shape index (κ1) is 14.8. The van der Waals surface area contributed by atoms with Crippen molar-refractivity contribution in [3.05, 3.63) is 29.3 Å². The van der Waals surface area contributed by atoms with Crippen LogP contribution >= 0.6 is 0 Å². The quantitative estimate of drug-likeness (QED) is 0.898. The van der Waals surface area contributed by atoms with Gasteiger partial charge in [0.25, 0.3) is 0 Å². The van der Waals surface area contributed by atoms with E-state index in [9.17, 15) is 0 Å². The van der Waals surface area contributed by atoms with Gasteiger partial charge in [0.2, 0.25) is 0 Å². The van der Waals surface area contributed by atoms with Crippen LogP contribution in [0.15, 0.2) is 18.2 Å². The molecule has 0 spiro atoms. The number of nitrogens with two attached hydrogens (primary N) is 1. The van der Waals surface area contributed by atoms with Gasteiger partial charge in [-0.25, -0.2) is 0 Å². The molecule has 21 heavy (non-hydrogen) atoms. The second kappa shape index (κ2) is 6.77. The molecule has 2 fully saturated rings. The van der Waals surface area contributed by atoms with Crippen LogP contribution in [0.4, 0.5) is 0 Å². The number of rotatable bonds is 5. The van der Waals surface area contributed by atoms with Gasteiger partial charge in [-0.2, -0.15) is 0 Å². The zero-order chi connectivity index (χ0) is 14.7. The SMILES string of the molecule is COc1ccc(CN)cc1CN1CCC(N2CCCC2)C1. The maximum Gasteiger partial charge on any atom is 0.123 e. The molecular weight excluding hydrogens is 262 g/mol. The molecule has 2 aliphatic rings. The van der Waals surface area contributed by atoms with Crippen LogP contribution in [-0.4, -0.2) is 49.1 Å². The zero-order valence-electron chi connectivity index (χ0n) is 13.1. The molecule has 1 atom stereocenters. The average Bonchev–Trinajstić information content (AvgIpc) is 3.18. The first-order valence-electron chi connectivity index (χ1n) is 8.12. The van der Waals surface area contributed by atoms with Crippen LogP contribution in [0.3, 0.4) is 0 Å². The van der Waals surface area contributed by atoms with Crippen LogP contribution in [0.2, 0.25) is 0 Å². The largest absolute Gasteiger partial charge is 0.496 e. The normalized spacial score (nSPS) is 23.8. The predicted molar refractivity (Wildman–Crippen MR) is 85.4 cm³/mol. The molecule has 3 rings (SSSR count). The third kappa shape index (κ3) is 3.39. The molecule has 2 aliphatic heterocycles. The van der Waals surface area contributed by atoms with E-state index in [-0.39, 0.29) is 0 Å². The lowest BCUT2D eigenvalue weighted by molar-refractivity contribution is 0.229. The maximum atomic E-state index is 5.76. The van der Waals surface area contributed by atoms with Gasteiger partial charge in [-0.1, -0.05) is 6.07 Å². The van der Waals surface area contributed by atoms with Crippen LogP contribution in [0.25, 0.3) is 0 Å². The minimum absolute atomic E-state index is 0.591. The van der Waals surface area contributed by atoms with Crippen LogP contribution in [0, 0.1) is 0 Å². The molecule has 2 saturated heterocycles. The van der Waals surface area contributed by atoms with Gasteiger partial charge in [-0.05, 0) is 50.0 Å². The minimum Gasteiger partial charge on any atom is -0.496 e. The average molecular weight is 289 g/mol. The van der Waals surface area contributed by atoms with Crippen LogP contribution in [-0.2, 0) is 13.1 Å². The Hall–Kier alpha value is -1.10. The number of ether oxygens (including phenoxy) is 1. The lowest BCUT2D eigenvalue weighted by atomic mass is 10.1. The first-order valence-corrected chi connectivity index (χ1v) is 8.12.